The van der Waals surface area contributed by atoms with Crippen molar-refractivity contribution in [3.63, 3.8) is 0 Å². The summed E-state index contributed by atoms with van der Waals surface area (Å²) in [5, 5.41) is 10.9. The molecule has 0 atom stereocenters. The quantitative estimate of drug-likeness (QED) is 0.526. The Morgan fingerprint density at radius 3 is 2.61 bits per heavy atom. The van der Waals surface area contributed by atoms with E-state index in [1.54, 1.807) is 11.6 Å². The number of ether oxygens (including phenoxy) is 1. The molecule has 1 N–H and O–H groups in total. The summed E-state index contributed by atoms with van der Waals surface area (Å²) in [5.41, 5.74) is 0.977. The molecule has 0 spiro atoms. The van der Waals surface area contributed by atoms with Gasteiger partial charge in [-0.15, -0.1) is 10.2 Å². The maximum atomic E-state index is 13.1. The maximum Gasteiger partial charge on any atom is 0.418 e. The van der Waals surface area contributed by atoms with Crippen molar-refractivity contribution >= 4 is 23.4 Å². The molecular weight excluding hydrogens is 429 g/mol. The molecule has 1 aromatic heterocycles. The predicted octanol–water partition coefficient (Wildman–Crippen LogP) is 4.76. The number of hydrogen-bond acceptors (Lipinski definition) is 5. The lowest BCUT2D eigenvalue weighted by molar-refractivity contribution is -0.137. The zero-order chi connectivity index (χ0) is 22.6. The molecule has 0 saturated heterocycles. The maximum absolute atomic E-state index is 13.1. The van der Waals surface area contributed by atoms with E-state index in [1.807, 2.05) is 32.0 Å². The van der Waals surface area contributed by atoms with Gasteiger partial charge in [0.1, 0.15) is 12.4 Å². The minimum atomic E-state index is -4.55. The van der Waals surface area contributed by atoms with Crippen LogP contribution < -0.4 is 10.1 Å². The number of thioether (sulfide) groups is 1. The molecule has 0 aliphatic carbocycles. The first kappa shape index (κ1) is 22.7. The Bertz CT molecular complexity index is 1080. The number of rotatable bonds is 7. The Hall–Kier alpha value is -3.01. The average molecular weight is 450 g/mol. The van der Waals surface area contributed by atoms with E-state index >= 15 is 0 Å². The van der Waals surface area contributed by atoms with Crippen LogP contribution >= 0.6 is 11.8 Å². The summed E-state index contributed by atoms with van der Waals surface area (Å²) >= 11 is 1.08. The van der Waals surface area contributed by atoms with E-state index in [0.29, 0.717) is 11.0 Å². The average Bonchev–Trinajstić information content (AvgIpc) is 3.05. The van der Waals surface area contributed by atoms with Crippen LogP contribution in [0.3, 0.4) is 0 Å². The summed E-state index contributed by atoms with van der Waals surface area (Å²) in [6, 6.07) is 10.7. The largest absolute Gasteiger partial charge is 0.485 e. The fourth-order valence-electron chi connectivity index (χ4n) is 2.86. The van der Waals surface area contributed by atoms with E-state index in [9.17, 15) is 18.0 Å². The molecular formula is C21H21F3N4O2S. The van der Waals surface area contributed by atoms with E-state index in [1.165, 1.54) is 18.2 Å². The topological polar surface area (TPSA) is 69.0 Å². The summed E-state index contributed by atoms with van der Waals surface area (Å²) in [7, 11) is 1.74. The first-order valence-electron chi connectivity index (χ1n) is 9.32. The molecule has 31 heavy (non-hydrogen) atoms. The minimum absolute atomic E-state index is 0.115. The highest BCUT2D eigenvalue weighted by molar-refractivity contribution is 7.99. The molecule has 0 bridgehead atoms. The number of nitrogens with one attached hydrogen (secondary N) is 1. The van der Waals surface area contributed by atoms with Crippen molar-refractivity contribution in [2.75, 3.05) is 11.1 Å². The highest BCUT2D eigenvalue weighted by Gasteiger charge is 2.33. The fraction of sp³-hybridized carbons (Fsp3) is 0.286. The van der Waals surface area contributed by atoms with Crippen LogP contribution in [0.4, 0.5) is 18.9 Å². The third-order valence-corrected chi connectivity index (χ3v) is 5.47. The second-order valence-electron chi connectivity index (χ2n) is 6.90. The molecule has 0 aliphatic heterocycles. The number of para-hydroxylation sites is 1. The van der Waals surface area contributed by atoms with Gasteiger partial charge in [-0.3, -0.25) is 4.79 Å². The SMILES string of the molecule is Cc1ccc(OCc2nnc(SCC(=O)Nc3ccccc3C(F)(F)F)n2C)c(C)c1. The van der Waals surface area contributed by atoms with Gasteiger partial charge in [0.05, 0.1) is 17.0 Å². The Kier molecular flexibility index (Phi) is 6.89. The van der Waals surface area contributed by atoms with Gasteiger partial charge in [0.25, 0.3) is 0 Å². The summed E-state index contributed by atoms with van der Waals surface area (Å²) in [6.45, 7) is 4.15. The molecule has 0 fully saturated rings. The highest BCUT2D eigenvalue weighted by Crippen LogP contribution is 2.34. The van der Waals surface area contributed by atoms with Gasteiger partial charge in [0, 0.05) is 7.05 Å². The molecule has 3 rings (SSSR count). The molecule has 10 heteroatoms. The van der Waals surface area contributed by atoms with Crippen LogP contribution in [0, 0.1) is 13.8 Å². The van der Waals surface area contributed by atoms with E-state index in [0.717, 1.165) is 34.7 Å². The third-order valence-electron chi connectivity index (χ3n) is 4.45. The lowest BCUT2D eigenvalue weighted by atomic mass is 10.1. The first-order chi connectivity index (χ1) is 14.6. The van der Waals surface area contributed by atoms with Gasteiger partial charge in [-0.1, -0.05) is 41.6 Å². The number of carbonyl (C=O) groups is 1. The Morgan fingerprint density at radius 2 is 1.90 bits per heavy atom. The number of aryl methyl sites for hydroxylation is 2. The number of nitrogens with zero attached hydrogens (tertiary/aromatic N) is 3. The normalized spacial score (nSPS) is 11.4. The van der Waals surface area contributed by atoms with Crippen molar-refractivity contribution < 1.29 is 22.7 Å². The number of alkyl halides is 3. The van der Waals surface area contributed by atoms with Crippen LogP contribution in [-0.4, -0.2) is 26.4 Å². The molecule has 0 saturated carbocycles. The van der Waals surface area contributed by atoms with Crippen LogP contribution in [0.15, 0.2) is 47.6 Å². The second-order valence-corrected chi connectivity index (χ2v) is 7.84. The van der Waals surface area contributed by atoms with Crippen LogP contribution in [0.25, 0.3) is 0 Å². The van der Waals surface area contributed by atoms with Crippen molar-refractivity contribution in [1.82, 2.24) is 14.8 Å². The Balaban J connectivity index is 1.58. The number of benzene rings is 2. The van der Waals surface area contributed by atoms with Crippen molar-refractivity contribution in [1.29, 1.82) is 0 Å². The predicted molar refractivity (Wildman–Crippen MR) is 112 cm³/mol. The number of halogens is 3. The zero-order valence-corrected chi connectivity index (χ0v) is 18.0. The number of carbonyl (C=O) groups excluding carboxylic acids is 1. The monoisotopic (exact) mass is 450 g/mol. The molecule has 0 aliphatic rings. The van der Waals surface area contributed by atoms with Gasteiger partial charge >= 0.3 is 6.18 Å². The van der Waals surface area contributed by atoms with Gasteiger partial charge < -0.3 is 14.6 Å². The summed E-state index contributed by atoms with van der Waals surface area (Å²) in [4.78, 5) is 12.2. The van der Waals surface area contributed by atoms with Crippen LogP contribution in [0.1, 0.15) is 22.5 Å². The smallest absolute Gasteiger partial charge is 0.418 e. The van der Waals surface area contributed by atoms with E-state index in [4.69, 9.17) is 4.74 Å². The molecule has 164 valence electrons. The van der Waals surface area contributed by atoms with Crippen molar-refractivity contribution in [3.8, 4) is 5.75 Å². The molecule has 6 nitrogen and oxygen atoms in total. The van der Waals surface area contributed by atoms with Gasteiger partial charge in [-0.2, -0.15) is 13.2 Å². The molecule has 0 radical (unpaired) electrons. The highest BCUT2D eigenvalue weighted by atomic mass is 32.2. The van der Waals surface area contributed by atoms with Gasteiger partial charge in [0.15, 0.2) is 11.0 Å². The van der Waals surface area contributed by atoms with Crippen LogP contribution in [0.2, 0.25) is 0 Å². The van der Waals surface area contributed by atoms with E-state index < -0.39 is 17.6 Å². The van der Waals surface area contributed by atoms with Crippen LogP contribution in [0.5, 0.6) is 5.75 Å². The lowest BCUT2D eigenvalue weighted by Crippen LogP contribution is -2.18. The van der Waals surface area contributed by atoms with Crippen LogP contribution in [-0.2, 0) is 24.6 Å². The van der Waals surface area contributed by atoms with Gasteiger partial charge in [-0.05, 0) is 37.6 Å². The summed E-state index contributed by atoms with van der Waals surface area (Å²) < 4.78 is 46.7. The van der Waals surface area contributed by atoms with Gasteiger partial charge in [0.2, 0.25) is 5.91 Å². The fourth-order valence-corrected chi connectivity index (χ4v) is 3.59. The Morgan fingerprint density at radius 1 is 1.16 bits per heavy atom. The first-order valence-corrected chi connectivity index (χ1v) is 10.3. The molecule has 1 heterocycles. The van der Waals surface area contributed by atoms with Crippen molar-refractivity contribution in [2.45, 2.75) is 31.8 Å². The van der Waals surface area contributed by atoms with E-state index in [2.05, 4.69) is 15.5 Å². The standard InChI is InChI=1S/C21H21F3N4O2S/c1-13-8-9-17(14(2)10-13)30-11-18-26-27-20(28(18)3)31-12-19(29)25-16-7-5-4-6-15(16)21(22,23)24/h4-10H,11-12H2,1-3H3,(H,25,29). The molecule has 1 amide bonds. The molecule has 0 unspecified atom stereocenters. The van der Waals surface area contributed by atoms with E-state index in [-0.39, 0.29) is 18.0 Å². The zero-order valence-electron chi connectivity index (χ0n) is 17.2. The van der Waals surface area contributed by atoms with Crippen molar-refractivity contribution in [3.05, 3.63) is 65.0 Å². The lowest BCUT2D eigenvalue weighted by Gasteiger charge is -2.13. The summed E-state index contributed by atoms with van der Waals surface area (Å²) in [6.07, 6.45) is -4.55. The summed E-state index contributed by atoms with van der Waals surface area (Å²) in [5.74, 6) is 0.615. The number of aromatic nitrogens is 3. The third kappa shape index (κ3) is 5.78. The number of hydrogen-bond donors (Lipinski definition) is 1. The second kappa shape index (κ2) is 9.42. The van der Waals surface area contributed by atoms with Gasteiger partial charge in [-0.25, -0.2) is 0 Å². The number of anilines is 1. The minimum Gasteiger partial charge on any atom is -0.485 e. The Labute approximate surface area is 181 Å². The molecule has 2 aromatic carbocycles. The molecule has 3 aromatic rings. The number of amides is 1. The van der Waals surface area contributed by atoms with Crippen molar-refractivity contribution in [2.24, 2.45) is 7.05 Å².